The van der Waals surface area contributed by atoms with Gasteiger partial charge in [-0.05, 0) is 58.1 Å². The number of amides is 1. The lowest BCUT2D eigenvalue weighted by Crippen LogP contribution is -2.27. The second kappa shape index (κ2) is 10.4. The van der Waals surface area contributed by atoms with Crippen LogP contribution in [0.4, 0.5) is 11.1 Å². The molecule has 1 saturated carbocycles. The van der Waals surface area contributed by atoms with Gasteiger partial charge in [0, 0.05) is 36.8 Å². The van der Waals surface area contributed by atoms with Crippen molar-refractivity contribution in [3.63, 3.8) is 0 Å². The number of hydrogen-bond donors (Lipinski definition) is 4. The van der Waals surface area contributed by atoms with E-state index in [-0.39, 0.29) is 11.8 Å². The molecule has 1 amide bonds. The van der Waals surface area contributed by atoms with Crippen LogP contribution in [0, 0.1) is 5.92 Å². The molecule has 2 aliphatic rings. The van der Waals surface area contributed by atoms with Crippen molar-refractivity contribution in [1.29, 1.82) is 0 Å². The summed E-state index contributed by atoms with van der Waals surface area (Å²) in [6.07, 6.45) is 9.35. The first-order valence-corrected chi connectivity index (χ1v) is 12.4. The molecule has 0 spiro atoms. The third-order valence-electron chi connectivity index (χ3n) is 5.43. The SMILES string of the molecule is CC(O)CNc1nc(C2=C(CNC(=O)C3CC3)CCC=C2)cc(-c2cnc(NC(C)C)s2)n1. The molecule has 2 aromatic rings. The molecule has 4 N–H and O–H groups in total. The summed E-state index contributed by atoms with van der Waals surface area (Å²) in [6, 6.07) is 2.27. The van der Waals surface area contributed by atoms with Crippen molar-refractivity contribution >= 4 is 33.9 Å². The number of carbonyl (C=O) groups is 1. The second-order valence-corrected chi connectivity index (χ2v) is 10.0. The fourth-order valence-electron chi connectivity index (χ4n) is 3.58. The van der Waals surface area contributed by atoms with E-state index in [1.807, 2.05) is 12.3 Å². The van der Waals surface area contributed by atoms with E-state index in [0.717, 1.165) is 52.7 Å². The van der Waals surface area contributed by atoms with Crippen LogP contribution < -0.4 is 16.0 Å². The van der Waals surface area contributed by atoms with Crippen molar-refractivity contribution in [1.82, 2.24) is 20.3 Å². The summed E-state index contributed by atoms with van der Waals surface area (Å²) in [5.74, 6) is 0.798. The summed E-state index contributed by atoms with van der Waals surface area (Å²) in [6.45, 7) is 6.76. The van der Waals surface area contributed by atoms with Crippen LogP contribution in [0.15, 0.2) is 30.0 Å². The highest BCUT2D eigenvalue weighted by molar-refractivity contribution is 7.18. The highest BCUT2D eigenvalue weighted by Gasteiger charge is 2.29. The highest BCUT2D eigenvalue weighted by Crippen LogP contribution is 2.33. The molecule has 1 fully saturated rings. The number of allylic oxidation sites excluding steroid dienone is 3. The zero-order chi connectivity index (χ0) is 23.4. The number of rotatable bonds is 10. The molecular formula is C24H32N6O2S. The van der Waals surface area contributed by atoms with Crippen molar-refractivity contribution in [2.75, 3.05) is 23.7 Å². The molecule has 2 heterocycles. The molecule has 33 heavy (non-hydrogen) atoms. The maximum atomic E-state index is 12.2. The first-order chi connectivity index (χ1) is 15.9. The summed E-state index contributed by atoms with van der Waals surface area (Å²) in [5, 5.41) is 20.1. The van der Waals surface area contributed by atoms with Crippen molar-refractivity contribution in [2.45, 2.75) is 58.6 Å². The first-order valence-electron chi connectivity index (χ1n) is 11.6. The predicted octanol–water partition coefficient (Wildman–Crippen LogP) is 3.84. The topological polar surface area (TPSA) is 112 Å². The average Bonchev–Trinajstić information content (AvgIpc) is 3.55. The van der Waals surface area contributed by atoms with Gasteiger partial charge < -0.3 is 21.1 Å². The van der Waals surface area contributed by atoms with Gasteiger partial charge in [-0.2, -0.15) is 0 Å². The highest BCUT2D eigenvalue weighted by atomic mass is 32.1. The summed E-state index contributed by atoms with van der Waals surface area (Å²) in [4.78, 5) is 27.0. The quantitative estimate of drug-likeness (QED) is 0.419. The fourth-order valence-corrected chi connectivity index (χ4v) is 4.50. The van der Waals surface area contributed by atoms with Crippen LogP contribution in [0.1, 0.15) is 52.1 Å². The van der Waals surface area contributed by atoms with Crippen LogP contribution in [-0.4, -0.2) is 51.2 Å². The number of nitrogens with zero attached hydrogens (tertiary/aromatic N) is 3. The minimum absolute atomic E-state index is 0.147. The number of anilines is 2. The van der Waals surface area contributed by atoms with Crippen LogP contribution in [0.25, 0.3) is 16.1 Å². The number of nitrogens with one attached hydrogen (secondary N) is 3. The van der Waals surface area contributed by atoms with Crippen molar-refractivity contribution in [2.24, 2.45) is 5.92 Å². The van der Waals surface area contributed by atoms with Crippen LogP contribution in [0.2, 0.25) is 0 Å². The molecule has 176 valence electrons. The van der Waals surface area contributed by atoms with E-state index in [4.69, 9.17) is 4.98 Å². The largest absolute Gasteiger partial charge is 0.392 e. The summed E-state index contributed by atoms with van der Waals surface area (Å²) < 4.78 is 0. The fraction of sp³-hybridized carbons (Fsp3) is 0.500. The van der Waals surface area contributed by atoms with Gasteiger partial charge in [-0.25, -0.2) is 15.0 Å². The maximum Gasteiger partial charge on any atom is 0.223 e. The van der Waals surface area contributed by atoms with Gasteiger partial charge in [0.25, 0.3) is 0 Å². The molecule has 1 atom stereocenters. The molecule has 4 rings (SSSR count). The Bertz CT molecular complexity index is 1050. The van der Waals surface area contributed by atoms with E-state index >= 15 is 0 Å². The Hall–Kier alpha value is -2.78. The van der Waals surface area contributed by atoms with Gasteiger partial charge in [-0.3, -0.25) is 4.79 Å². The number of aliphatic hydroxyl groups is 1. The van der Waals surface area contributed by atoms with Crippen molar-refractivity contribution < 1.29 is 9.90 Å². The minimum atomic E-state index is -0.520. The normalized spacial score (nSPS) is 16.8. The summed E-state index contributed by atoms with van der Waals surface area (Å²) >= 11 is 1.55. The summed E-state index contributed by atoms with van der Waals surface area (Å²) in [7, 11) is 0. The minimum Gasteiger partial charge on any atom is -0.392 e. The van der Waals surface area contributed by atoms with Gasteiger partial charge >= 0.3 is 0 Å². The lowest BCUT2D eigenvalue weighted by Gasteiger charge is -2.18. The lowest BCUT2D eigenvalue weighted by atomic mass is 9.94. The van der Waals surface area contributed by atoms with Gasteiger partial charge in [-0.1, -0.05) is 23.5 Å². The maximum absolute atomic E-state index is 12.2. The Morgan fingerprint density at radius 1 is 1.24 bits per heavy atom. The number of carbonyl (C=O) groups excluding carboxylic acids is 1. The van der Waals surface area contributed by atoms with Gasteiger partial charge in [0.2, 0.25) is 11.9 Å². The van der Waals surface area contributed by atoms with E-state index in [1.54, 1.807) is 18.3 Å². The van der Waals surface area contributed by atoms with Crippen LogP contribution in [0.5, 0.6) is 0 Å². The Morgan fingerprint density at radius 3 is 2.76 bits per heavy atom. The molecule has 1 unspecified atom stereocenters. The Labute approximate surface area is 198 Å². The monoisotopic (exact) mass is 468 g/mol. The van der Waals surface area contributed by atoms with Gasteiger partial charge in [0.15, 0.2) is 5.13 Å². The molecule has 0 aliphatic heterocycles. The zero-order valence-corrected chi connectivity index (χ0v) is 20.2. The molecular weight excluding hydrogens is 436 g/mol. The van der Waals surface area contributed by atoms with Crippen molar-refractivity contribution in [3.05, 3.63) is 35.7 Å². The zero-order valence-electron chi connectivity index (χ0n) is 19.4. The molecule has 2 aliphatic carbocycles. The molecule has 0 saturated heterocycles. The third kappa shape index (κ3) is 6.39. The van der Waals surface area contributed by atoms with Gasteiger partial charge in [0.05, 0.1) is 22.4 Å². The number of thiazole rings is 1. The van der Waals surface area contributed by atoms with E-state index in [1.165, 1.54) is 5.57 Å². The lowest BCUT2D eigenvalue weighted by molar-refractivity contribution is -0.122. The molecule has 0 radical (unpaired) electrons. The van der Waals surface area contributed by atoms with Crippen LogP contribution >= 0.6 is 11.3 Å². The Balaban J connectivity index is 1.66. The molecule has 2 aromatic heterocycles. The first kappa shape index (κ1) is 23.4. The number of aliphatic hydroxyl groups excluding tert-OH is 1. The molecule has 0 aromatic carbocycles. The Morgan fingerprint density at radius 2 is 2.03 bits per heavy atom. The molecule has 9 heteroatoms. The van der Waals surface area contributed by atoms with Crippen molar-refractivity contribution in [3.8, 4) is 10.6 Å². The van der Waals surface area contributed by atoms with E-state index in [0.29, 0.717) is 25.1 Å². The van der Waals surface area contributed by atoms with Gasteiger partial charge in [-0.15, -0.1) is 0 Å². The smallest absolute Gasteiger partial charge is 0.223 e. The van der Waals surface area contributed by atoms with E-state index in [2.05, 4.69) is 51.9 Å². The number of hydrogen-bond acceptors (Lipinski definition) is 8. The predicted molar refractivity (Wildman–Crippen MR) is 133 cm³/mol. The summed E-state index contributed by atoms with van der Waals surface area (Å²) in [5.41, 5.74) is 3.76. The Kier molecular flexibility index (Phi) is 7.39. The number of aromatic nitrogens is 3. The van der Waals surface area contributed by atoms with Crippen LogP contribution in [-0.2, 0) is 4.79 Å². The van der Waals surface area contributed by atoms with E-state index in [9.17, 15) is 9.90 Å². The third-order valence-corrected chi connectivity index (χ3v) is 6.38. The second-order valence-electron chi connectivity index (χ2n) is 8.97. The average molecular weight is 469 g/mol. The molecule has 8 nitrogen and oxygen atoms in total. The van der Waals surface area contributed by atoms with Crippen LogP contribution in [0.3, 0.4) is 0 Å². The van der Waals surface area contributed by atoms with Gasteiger partial charge in [0.1, 0.15) is 0 Å². The standard InChI is InChI=1S/C24H32N6O2S/c1-14(2)28-24-27-13-21(33-24)20-10-19(29-23(30-20)26-11-15(3)31)18-7-5-4-6-17(18)12-25-22(32)16-8-9-16/h5,7,10,13-16,31H,4,6,8-9,11-12H2,1-3H3,(H,25,32)(H,27,28)(H,26,29,30). The van der Waals surface area contributed by atoms with E-state index < -0.39 is 6.10 Å². The molecule has 0 bridgehead atoms.